The van der Waals surface area contributed by atoms with Gasteiger partial charge in [-0.05, 0) is 5.56 Å². The maximum Gasteiger partial charge on any atom is 0.375 e. The van der Waals surface area contributed by atoms with Crippen molar-refractivity contribution < 1.29 is 39.5 Å². The molecule has 0 atom stereocenters. The van der Waals surface area contributed by atoms with Crippen molar-refractivity contribution in [1.82, 2.24) is 9.97 Å². The molecule has 0 N–H and O–H groups in total. The number of hydrogen-bond acceptors (Lipinski definition) is 5. The van der Waals surface area contributed by atoms with Crippen LogP contribution in [-0.2, 0) is 21.5 Å². The van der Waals surface area contributed by atoms with Crippen molar-refractivity contribution in [2.45, 2.75) is 28.9 Å². The van der Waals surface area contributed by atoms with Crippen LogP contribution in [0.2, 0.25) is 5.15 Å². The number of rotatable bonds is 7. The molecule has 2 aromatic rings. The number of halogens is 7. The van der Waals surface area contributed by atoms with Crippen molar-refractivity contribution in [3.8, 4) is 6.01 Å². The lowest BCUT2D eigenvalue weighted by Crippen LogP contribution is -2.45. The second-order valence-corrected chi connectivity index (χ2v) is 7.71. The molecule has 154 valence electrons. The van der Waals surface area contributed by atoms with Crippen LogP contribution in [0.4, 0.5) is 26.3 Å². The highest BCUT2D eigenvalue weighted by molar-refractivity contribution is 7.90. The van der Waals surface area contributed by atoms with Gasteiger partial charge in [0, 0.05) is 0 Å². The molecule has 2 rings (SSSR count). The summed E-state index contributed by atoms with van der Waals surface area (Å²) in [5, 5.41) is -1.16. The third kappa shape index (κ3) is 4.02. The predicted molar refractivity (Wildman–Crippen MR) is 85.8 cm³/mol. The van der Waals surface area contributed by atoms with Crippen LogP contribution in [0, 0.1) is 0 Å². The van der Waals surface area contributed by atoms with Gasteiger partial charge < -0.3 is 4.74 Å². The van der Waals surface area contributed by atoms with Gasteiger partial charge in [-0.3, -0.25) is 0 Å². The summed E-state index contributed by atoms with van der Waals surface area (Å²) in [4.78, 5) is 4.63. The predicted octanol–water partition coefficient (Wildman–Crippen LogP) is 4.10. The molecule has 0 aliphatic carbocycles. The number of nitrogens with zero attached hydrogens (tertiary/aromatic N) is 2. The van der Waals surface area contributed by atoms with E-state index in [1.54, 1.807) is 6.07 Å². The van der Waals surface area contributed by atoms with Gasteiger partial charge in [-0.2, -0.15) is 27.5 Å². The Balaban J connectivity index is 2.75. The van der Waals surface area contributed by atoms with E-state index in [4.69, 9.17) is 11.6 Å². The van der Waals surface area contributed by atoms with Crippen LogP contribution in [0.25, 0.3) is 0 Å². The molecule has 1 heterocycles. The van der Waals surface area contributed by atoms with Gasteiger partial charge in [0.05, 0.1) is 12.9 Å². The van der Waals surface area contributed by atoms with E-state index in [0.717, 1.165) is 7.11 Å². The molecular formula is C15H11ClF6N2O3S. The van der Waals surface area contributed by atoms with E-state index >= 15 is 0 Å². The lowest BCUT2D eigenvalue weighted by Gasteiger charge is -2.27. The zero-order valence-corrected chi connectivity index (χ0v) is 15.4. The summed E-state index contributed by atoms with van der Waals surface area (Å²) in [5.41, 5.74) is -2.07. The second-order valence-electron chi connectivity index (χ2n) is 5.42. The standard InChI is InChI=1S/C15H11ClF6N2O3S/c1-27-13-23-10(14(19,20)15(21,22)12(17)18)9(11(16)24-13)28(25,26)7-8-5-3-2-4-6-8/h2-6,12H,7H2,1H3. The van der Waals surface area contributed by atoms with E-state index in [2.05, 4.69) is 14.7 Å². The minimum absolute atomic E-state index is 0.101. The van der Waals surface area contributed by atoms with Crippen molar-refractivity contribution in [2.24, 2.45) is 0 Å². The molecule has 0 fully saturated rings. The highest BCUT2D eigenvalue weighted by atomic mass is 35.5. The zero-order chi connectivity index (χ0) is 21.3. The molecule has 0 spiro atoms. The maximum absolute atomic E-state index is 14.3. The summed E-state index contributed by atoms with van der Waals surface area (Å²) >= 11 is 5.62. The highest BCUT2D eigenvalue weighted by Crippen LogP contribution is 2.49. The van der Waals surface area contributed by atoms with Crippen molar-refractivity contribution in [3.63, 3.8) is 0 Å². The molecule has 0 aliphatic heterocycles. The smallest absolute Gasteiger partial charge is 0.375 e. The Kier molecular flexibility index (Phi) is 6.14. The van der Waals surface area contributed by atoms with Gasteiger partial charge in [-0.25, -0.2) is 17.2 Å². The molecule has 1 aromatic heterocycles. The zero-order valence-electron chi connectivity index (χ0n) is 13.8. The minimum Gasteiger partial charge on any atom is -0.467 e. The van der Waals surface area contributed by atoms with E-state index in [1.807, 2.05) is 0 Å². The number of aromatic nitrogens is 2. The Morgan fingerprint density at radius 2 is 1.68 bits per heavy atom. The van der Waals surface area contributed by atoms with Crippen LogP contribution in [0.5, 0.6) is 6.01 Å². The van der Waals surface area contributed by atoms with E-state index in [9.17, 15) is 34.8 Å². The number of methoxy groups -OCH3 is 1. The lowest BCUT2D eigenvalue weighted by molar-refractivity contribution is -0.273. The van der Waals surface area contributed by atoms with Gasteiger partial charge in [0.15, 0.2) is 15.0 Å². The Hall–Kier alpha value is -2.08. The first-order valence-corrected chi connectivity index (χ1v) is 9.30. The van der Waals surface area contributed by atoms with Crippen LogP contribution in [0.3, 0.4) is 0 Å². The fraction of sp³-hybridized carbons (Fsp3) is 0.333. The first-order chi connectivity index (χ1) is 12.8. The van der Waals surface area contributed by atoms with E-state index in [0.29, 0.717) is 0 Å². The summed E-state index contributed by atoms with van der Waals surface area (Å²) in [6.45, 7) is 0. The molecule has 1 aromatic carbocycles. The molecule has 28 heavy (non-hydrogen) atoms. The number of sulfone groups is 1. The van der Waals surface area contributed by atoms with Gasteiger partial charge in [0.1, 0.15) is 10.6 Å². The highest BCUT2D eigenvalue weighted by Gasteiger charge is 2.66. The van der Waals surface area contributed by atoms with Crippen LogP contribution in [0.1, 0.15) is 11.3 Å². The van der Waals surface area contributed by atoms with Crippen LogP contribution < -0.4 is 4.74 Å². The third-order valence-corrected chi connectivity index (χ3v) is 5.59. The SMILES string of the molecule is COc1nc(Cl)c(S(=O)(=O)Cc2ccccc2)c(C(F)(F)C(F)(F)C(F)F)n1. The van der Waals surface area contributed by atoms with Crippen molar-refractivity contribution >= 4 is 21.4 Å². The fourth-order valence-corrected chi connectivity index (χ4v) is 4.21. The van der Waals surface area contributed by atoms with Crippen molar-refractivity contribution in [1.29, 1.82) is 0 Å². The summed E-state index contributed by atoms with van der Waals surface area (Å²) < 4.78 is 110. The van der Waals surface area contributed by atoms with Gasteiger partial charge in [0.25, 0.3) is 0 Å². The monoisotopic (exact) mass is 448 g/mol. The van der Waals surface area contributed by atoms with Gasteiger partial charge >= 0.3 is 24.3 Å². The Morgan fingerprint density at radius 3 is 2.18 bits per heavy atom. The van der Waals surface area contributed by atoms with E-state index in [-0.39, 0.29) is 5.56 Å². The maximum atomic E-state index is 14.3. The molecule has 0 unspecified atom stereocenters. The van der Waals surface area contributed by atoms with Crippen LogP contribution >= 0.6 is 11.6 Å². The Morgan fingerprint density at radius 1 is 1.11 bits per heavy atom. The average Bonchev–Trinajstić information content (AvgIpc) is 2.60. The average molecular weight is 449 g/mol. The first-order valence-electron chi connectivity index (χ1n) is 7.27. The number of alkyl halides is 6. The molecule has 0 saturated heterocycles. The molecular weight excluding hydrogens is 438 g/mol. The lowest BCUT2D eigenvalue weighted by atomic mass is 10.1. The van der Waals surface area contributed by atoms with Crippen molar-refractivity contribution in [3.05, 3.63) is 46.7 Å². The quantitative estimate of drug-likeness (QED) is 0.471. The topological polar surface area (TPSA) is 69.2 Å². The number of ether oxygens (including phenoxy) is 1. The van der Waals surface area contributed by atoms with Crippen LogP contribution in [-0.4, -0.2) is 37.8 Å². The summed E-state index contributed by atoms with van der Waals surface area (Å²) in [5.74, 6) is -12.6. The Labute approximate surface area is 160 Å². The third-order valence-electron chi connectivity index (χ3n) is 3.49. The normalized spacial score (nSPS) is 13.0. The fourth-order valence-electron chi connectivity index (χ4n) is 2.14. The number of benzene rings is 1. The largest absolute Gasteiger partial charge is 0.467 e. The summed E-state index contributed by atoms with van der Waals surface area (Å²) in [6.07, 6.45) is -4.81. The van der Waals surface area contributed by atoms with Crippen molar-refractivity contribution in [2.75, 3.05) is 7.11 Å². The second kappa shape index (κ2) is 7.74. The molecule has 13 heteroatoms. The van der Waals surface area contributed by atoms with E-state index < -0.39 is 55.6 Å². The molecule has 0 saturated carbocycles. The number of hydrogen-bond donors (Lipinski definition) is 0. The summed E-state index contributed by atoms with van der Waals surface area (Å²) in [6, 6.07) is 6.07. The Bertz CT molecular complexity index is 958. The summed E-state index contributed by atoms with van der Waals surface area (Å²) in [7, 11) is -3.98. The molecule has 0 aliphatic rings. The minimum atomic E-state index is -5.94. The molecule has 5 nitrogen and oxygen atoms in total. The van der Waals surface area contributed by atoms with Gasteiger partial charge in [-0.1, -0.05) is 41.9 Å². The van der Waals surface area contributed by atoms with E-state index in [1.165, 1.54) is 24.3 Å². The molecule has 0 amide bonds. The van der Waals surface area contributed by atoms with Gasteiger partial charge in [-0.15, -0.1) is 0 Å². The van der Waals surface area contributed by atoms with Gasteiger partial charge in [0.2, 0.25) is 0 Å². The molecule has 0 radical (unpaired) electrons. The molecule has 0 bridgehead atoms. The first kappa shape index (κ1) is 22.2. The van der Waals surface area contributed by atoms with Crippen LogP contribution in [0.15, 0.2) is 35.2 Å².